The lowest BCUT2D eigenvalue weighted by Gasteiger charge is -2.11. The normalized spacial score (nSPS) is 10.4. The van der Waals surface area contributed by atoms with Gasteiger partial charge in [-0.05, 0) is 30.7 Å². The van der Waals surface area contributed by atoms with Crippen LogP contribution in [-0.2, 0) is 0 Å². The van der Waals surface area contributed by atoms with Crippen molar-refractivity contribution in [2.24, 2.45) is 0 Å². The second-order valence-electron chi connectivity index (χ2n) is 3.85. The molecule has 2 N–H and O–H groups in total. The fourth-order valence-corrected chi connectivity index (χ4v) is 2.11. The molecule has 0 aliphatic rings. The van der Waals surface area contributed by atoms with Crippen LogP contribution >= 0.6 is 27.5 Å². The number of ether oxygens (including phenoxy) is 1. The number of aryl methyl sites for hydroxylation is 1. The number of benzene rings is 2. The highest BCUT2D eigenvalue weighted by atomic mass is 79.9. The first-order chi connectivity index (χ1) is 8.45. The number of halogens is 3. The van der Waals surface area contributed by atoms with Crippen molar-refractivity contribution in [3.63, 3.8) is 0 Å². The molecule has 2 nitrogen and oxygen atoms in total. The number of nitrogens with two attached hydrogens (primary N) is 1. The zero-order valence-electron chi connectivity index (χ0n) is 9.51. The van der Waals surface area contributed by atoms with Crippen LogP contribution in [0.15, 0.2) is 34.8 Å². The summed E-state index contributed by atoms with van der Waals surface area (Å²) in [5, 5.41) is 0.408. The molecule has 0 aliphatic carbocycles. The number of nitrogen functional groups attached to an aromatic ring is 1. The smallest absolute Gasteiger partial charge is 0.131 e. The van der Waals surface area contributed by atoms with Crippen LogP contribution in [0.3, 0.4) is 0 Å². The zero-order chi connectivity index (χ0) is 13.3. The Morgan fingerprint density at radius 1 is 1.22 bits per heavy atom. The van der Waals surface area contributed by atoms with E-state index >= 15 is 0 Å². The van der Waals surface area contributed by atoms with E-state index in [9.17, 15) is 4.39 Å². The van der Waals surface area contributed by atoms with Gasteiger partial charge in [0.05, 0.1) is 10.7 Å². The van der Waals surface area contributed by atoms with Crippen LogP contribution in [0.25, 0.3) is 0 Å². The first kappa shape index (κ1) is 13.2. The van der Waals surface area contributed by atoms with Gasteiger partial charge in [-0.15, -0.1) is 0 Å². The molecule has 0 spiro atoms. The highest BCUT2D eigenvalue weighted by Crippen LogP contribution is 2.32. The monoisotopic (exact) mass is 329 g/mol. The second-order valence-corrected chi connectivity index (χ2v) is 5.17. The Labute approximate surface area is 118 Å². The van der Waals surface area contributed by atoms with Gasteiger partial charge in [-0.2, -0.15) is 0 Å². The van der Waals surface area contributed by atoms with E-state index in [2.05, 4.69) is 15.9 Å². The van der Waals surface area contributed by atoms with Crippen molar-refractivity contribution < 1.29 is 9.13 Å². The van der Waals surface area contributed by atoms with Crippen LogP contribution < -0.4 is 10.5 Å². The summed E-state index contributed by atoms with van der Waals surface area (Å²) in [4.78, 5) is 0. The van der Waals surface area contributed by atoms with E-state index in [-0.39, 0.29) is 5.82 Å². The van der Waals surface area contributed by atoms with Gasteiger partial charge in [0.25, 0.3) is 0 Å². The molecule has 0 aliphatic heterocycles. The van der Waals surface area contributed by atoms with Gasteiger partial charge in [-0.1, -0.05) is 27.5 Å². The van der Waals surface area contributed by atoms with Gasteiger partial charge in [0.2, 0.25) is 0 Å². The molecule has 0 amide bonds. The molecule has 0 aromatic heterocycles. The summed E-state index contributed by atoms with van der Waals surface area (Å²) in [5.74, 6) is 0.566. The number of hydrogen-bond acceptors (Lipinski definition) is 2. The minimum atomic E-state index is -0.376. The minimum absolute atomic E-state index is 0.376. The van der Waals surface area contributed by atoms with E-state index in [1.165, 1.54) is 12.1 Å². The Morgan fingerprint density at radius 2 is 1.94 bits per heavy atom. The number of anilines is 1. The van der Waals surface area contributed by atoms with Gasteiger partial charge >= 0.3 is 0 Å². The summed E-state index contributed by atoms with van der Waals surface area (Å²) in [5.41, 5.74) is 6.99. The Bertz CT molecular complexity index is 584. The molecular weight excluding hydrogens is 321 g/mol. The molecule has 0 heterocycles. The lowest BCUT2D eigenvalue weighted by Crippen LogP contribution is -1.92. The maximum atomic E-state index is 13.2. The van der Waals surface area contributed by atoms with E-state index in [0.29, 0.717) is 26.7 Å². The van der Waals surface area contributed by atoms with E-state index in [1.807, 2.05) is 6.92 Å². The molecule has 18 heavy (non-hydrogen) atoms. The highest BCUT2D eigenvalue weighted by Gasteiger charge is 2.07. The van der Waals surface area contributed by atoms with Crippen LogP contribution in [0, 0.1) is 12.7 Å². The standard InChI is InChI=1S/C13H10BrClFNO/c1-7-2-12(17)11(15)6-13(7)18-10-4-8(14)3-9(16)5-10/h2-6H,17H2,1H3. The fourth-order valence-electron chi connectivity index (χ4n) is 1.51. The highest BCUT2D eigenvalue weighted by molar-refractivity contribution is 9.10. The largest absolute Gasteiger partial charge is 0.457 e. The molecule has 94 valence electrons. The summed E-state index contributed by atoms with van der Waals surface area (Å²) in [7, 11) is 0. The van der Waals surface area contributed by atoms with Crippen molar-refractivity contribution in [1.29, 1.82) is 0 Å². The van der Waals surface area contributed by atoms with Gasteiger partial charge in [-0.3, -0.25) is 0 Å². The molecule has 0 saturated carbocycles. The summed E-state index contributed by atoms with van der Waals surface area (Å²) < 4.78 is 19.4. The van der Waals surface area contributed by atoms with Crippen LogP contribution in [0.4, 0.5) is 10.1 Å². The Morgan fingerprint density at radius 3 is 2.61 bits per heavy atom. The van der Waals surface area contributed by atoms with Gasteiger partial charge in [0.15, 0.2) is 0 Å². The van der Waals surface area contributed by atoms with Crippen LogP contribution in [-0.4, -0.2) is 0 Å². The first-order valence-electron chi connectivity index (χ1n) is 5.15. The fraction of sp³-hybridized carbons (Fsp3) is 0.0769. The van der Waals surface area contributed by atoms with Gasteiger partial charge in [0, 0.05) is 16.6 Å². The summed E-state index contributed by atoms with van der Waals surface area (Å²) in [6.07, 6.45) is 0. The molecule has 5 heteroatoms. The van der Waals surface area contributed by atoms with Crippen molar-refractivity contribution in [2.45, 2.75) is 6.92 Å². The Balaban J connectivity index is 2.36. The van der Waals surface area contributed by atoms with E-state index < -0.39 is 0 Å². The molecule has 0 fully saturated rings. The summed E-state index contributed by atoms with van der Waals surface area (Å²) in [6, 6.07) is 7.66. The Kier molecular flexibility index (Phi) is 3.78. The third-order valence-corrected chi connectivity index (χ3v) is 3.14. The SMILES string of the molecule is Cc1cc(N)c(Cl)cc1Oc1cc(F)cc(Br)c1. The predicted molar refractivity (Wildman–Crippen MR) is 74.8 cm³/mol. The average molecular weight is 331 g/mol. The molecule has 0 saturated heterocycles. The zero-order valence-corrected chi connectivity index (χ0v) is 11.8. The molecule has 0 atom stereocenters. The summed E-state index contributed by atoms with van der Waals surface area (Å²) >= 11 is 9.13. The Hall–Kier alpha value is -1.26. The van der Waals surface area contributed by atoms with Crippen molar-refractivity contribution in [3.8, 4) is 11.5 Å². The van der Waals surface area contributed by atoms with Crippen molar-refractivity contribution in [2.75, 3.05) is 5.73 Å². The minimum Gasteiger partial charge on any atom is -0.457 e. The molecule has 2 aromatic rings. The molecule has 2 aromatic carbocycles. The van der Waals surface area contributed by atoms with Crippen molar-refractivity contribution in [1.82, 2.24) is 0 Å². The maximum Gasteiger partial charge on any atom is 0.131 e. The van der Waals surface area contributed by atoms with E-state index in [1.54, 1.807) is 18.2 Å². The van der Waals surface area contributed by atoms with Crippen LogP contribution in [0.2, 0.25) is 5.02 Å². The van der Waals surface area contributed by atoms with E-state index in [0.717, 1.165) is 5.56 Å². The van der Waals surface area contributed by atoms with Gasteiger partial charge < -0.3 is 10.5 Å². The maximum absolute atomic E-state index is 13.2. The first-order valence-corrected chi connectivity index (χ1v) is 6.32. The third-order valence-electron chi connectivity index (χ3n) is 2.36. The lowest BCUT2D eigenvalue weighted by molar-refractivity contribution is 0.473. The van der Waals surface area contributed by atoms with Gasteiger partial charge in [0.1, 0.15) is 17.3 Å². The number of hydrogen-bond donors (Lipinski definition) is 1. The van der Waals surface area contributed by atoms with E-state index in [4.69, 9.17) is 22.1 Å². The molecule has 0 unspecified atom stereocenters. The van der Waals surface area contributed by atoms with Crippen LogP contribution in [0.5, 0.6) is 11.5 Å². The lowest BCUT2D eigenvalue weighted by atomic mass is 10.2. The quantitative estimate of drug-likeness (QED) is 0.793. The summed E-state index contributed by atoms with van der Waals surface area (Å²) in [6.45, 7) is 1.84. The predicted octanol–water partition coefficient (Wildman–Crippen LogP) is 4.92. The molecule has 0 bridgehead atoms. The topological polar surface area (TPSA) is 35.2 Å². The van der Waals surface area contributed by atoms with Crippen molar-refractivity contribution in [3.05, 3.63) is 51.2 Å². The third kappa shape index (κ3) is 2.94. The molecular formula is C13H10BrClFNO. The van der Waals surface area contributed by atoms with Crippen molar-refractivity contribution >= 4 is 33.2 Å². The molecule has 0 radical (unpaired) electrons. The second kappa shape index (κ2) is 5.16. The van der Waals surface area contributed by atoms with Gasteiger partial charge in [-0.25, -0.2) is 4.39 Å². The van der Waals surface area contributed by atoms with Crippen LogP contribution in [0.1, 0.15) is 5.56 Å². The number of rotatable bonds is 2. The molecule has 2 rings (SSSR count). The average Bonchev–Trinajstić information content (AvgIpc) is 2.24.